The molecule has 0 radical (unpaired) electrons. The monoisotopic (exact) mass is 240 g/mol. The van der Waals surface area contributed by atoms with Gasteiger partial charge in [0.2, 0.25) is 5.91 Å². The number of benzene rings is 1. The number of carbonyl (C=O) groups excluding carboxylic acids is 1. The summed E-state index contributed by atoms with van der Waals surface area (Å²) in [5.41, 5.74) is 1.57. The van der Waals surface area contributed by atoms with Gasteiger partial charge in [-0.1, -0.05) is 11.6 Å². The van der Waals surface area contributed by atoms with Crippen LogP contribution in [-0.4, -0.2) is 25.2 Å². The van der Waals surface area contributed by atoms with Crippen molar-refractivity contribution >= 4 is 28.9 Å². The van der Waals surface area contributed by atoms with Gasteiger partial charge in [-0.2, -0.15) is 0 Å². The van der Waals surface area contributed by atoms with E-state index in [1.165, 1.54) is 6.92 Å². The van der Waals surface area contributed by atoms with Gasteiger partial charge >= 0.3 is 0 Å². The minimum atomic E-state index is -0.130. The highest BCUT2D eigenvalue weighted by Crippen LogP contribution is 2.26. The van der Waals surface area contributed by atoms with E-state index in [0.717, 1.165) is 18.9 Å². The molecule has 1 fully saturated rings. The number of amides is 1. The molecular formula is C11H13ClN2O2. The first-order chi connectivity index (χ1) is 7.65. The summed E-state index contributed by atoms with van der Waals surface area (Å²) < 4.78 is 5.06. The number of rotatable bonds is 3. The summed E-state index contributed by atoms with van der Waals surface area (Å²) in [5.74, 6) is -0.130. The number of carbonyl (C=O) groups is 1. The average Bonchev–Trinajstić information content (AvgIpc) is 2.15. The SMILES string of the molecule is CC(=O)Nc1ccc(NC2COC2)cc1Cl. The van der Waals surface area contributed by atoms with E-state index in [9.17, 15) is 4.79 Å². The predicted octanol–water partition coefficient (Wildman–Crippen LogP) is 2.11. The number of nitrogens with one attached hydrogen (secondary N) is 2. The molecule has 0 bridgehead atoms. The number of hydrogen-bond donors (Lipinski definition) is 2. The Morgan fingerprint density at radius 3 is 2.75 bits per heavy atom. The second kappa shape index (κ2) is 4.72. The number of hydrogen-bond acceptors (Lipinski definition) is 3. The predicted molar refractivity (Wildman–Crippen MR) is 64.0 cm³/mol. The van der Waals surface area contributed by atoms with Crippen LogP contribution in [0.3, 0.4) is 0 Å². The molecule has 5 heteroatoms. The summed E-state index contributed by atoms with van der Waals surface area (Å²) in [4.78, 5) is 10.9. The Morgan fingerprint density at radius 2 is 2.25 bits per heavy atom. The van der Waals surface area contributed by atoms with Crippen molar-refractivity contribution in [2.45, 2.75) is 13.0 Å². The van der Waals surface area contributed by atoms with E-state index >= 15 is 0 Å². The Kier molecular flexibility index (Phi) is 3.31. The van der Waals surface area contributed by atoms with Crippen LogP contribution in [0.1, 0.15) is 6.92 Å². The van der Waals surface area contributed by atoms with Gasteiger partial charge in [0, 0.05) is 12.6 Å². The van der Waals surface area contributed by atoms with Crippen LogP contribution in [0.5, 0.6) is 0 Å². The van der Waals surface area contributed by atoms with Gasteiger partial charge in [0.15, 0.2) is 0 Å². The molecule has 1 aliphatic rings. The molecule has 0 spiro atoms. The number of anilines is 2. The molecule has 1 aromatic rings. The fourth-order valence-electron chi connectivity index (χ4n) is 1.45. The molecular weight excluding hydrogens is 228 g/mol. The van der Waals surface area contributed by atoms with Gasteiger partial charge in [-0.15, -0.1) is 0 Å². The van der Waals surface area contributed by atoms with E-state index < -0.39 is 0 Å². The van der Waals surface area contributed by atoms with Gasteiger partial charge in [-0.25, -0.2) is 0 Å². The molecule has 1 aromatic carbocycles. The molecule has 2 N–H and O–H groups in total. The molecule has 4 nitrogen and oxygen atoms in total. The first-order valence-electron chi connectivity index (χ1n) is 5.06. The lowest BCUT2D eigenvalue weighted by molar-refractivity contribution is -0.114. The van der Waals surface area contributed by atoms with Crippen molar-refractivity contribution < 1.29 is 9.53 Å². The molecule has 1 amide bonds. The molecule has 1 saturated heterocycles. The third kappa shape index (κ3) is 2.65. The molecule has 1 heterocycles. The normalized spacial score (nSPS) is 15.4. The Morgan fingerprint density at radius 1 is 1.50 bits per heavy atom. The largest absolute Gasteiger partial charge is 0.378 e. The molecule has 0 unspecified atom stereocenters. The van der Waals surface area contributed by atoms with Gasteiger partial charge in [-0.3, -0.25) is 4.79 Å². The highest BCUT2D eigenvalue weighted by atomic mass is 35.5. The van der Waals surface area contributed by atoms with Crippen molar-refractivity contribution in [3.8, 4) is 0 Å². The second-order valence-corrected chi connectivity index (χ2v) is 4.16. The topological polar surface area (TPSA) is 50.4 Å². The van der Waals surface area contributed by atoms with Crippen LogP contribution in [0.4, 0.5) is 11.4 Å². The molecule has 0 aromatic heterocycles. The van der Waals surface area contributed by atoms with Gasteiger partial charge in [-0.05, 0) is 18.2 Å². The van der Waals surface area contributed by atoms with Crippen LogP contribution in [-0.2, 0) is 9.53 Å². The lowest BCUT2D eigenvalue weighted by Gasteiger charge is -2.28. The molecule has 2 rings (SSSR count). The van der Waals surface area contributed by atoms with Crippen molar-refractivity contribution in [3.63, 3.8) is 0 Å². The van der Waals surface area contributed by atoms with Gasteiger partial charge in [0.25, 0.3) is 0 Å². The van der Waals surface area contributed by atoms with Gasteiger partial charge in [0.1, 0.15) is 0 Å². The standard InChI is InChI=1S/C11H13ClN2O2/c1-7(15)13-11-3-2-8(4-10(11)12)14-9-5-16-6-9/h2-4,9,14H,5-6H2,1H3,(H,13,15). The fourth-order valence-corrected chi connectivity index (χ4v) is 1.68. The van der Waals surface area contributed by atoms with Crippen LogP contribution < -0.4 is 10.6 Å². The fraction of sp³-hybridized carbons (Fsp3) is 0.364. The zero-order valence-electron chi connectivity index (χ0n) is 8.92. The summed E-state index contributed by atoms with van der Waals surface area (Å²) in [6, 6.07) is 5.83. The second-order valence-electron chi connectivity index (χ2n) is 3.75. The van der Waals surface area contributed by atoms with Crippen LogP contribution in [0.2, 0.25) is 5.02 Å². The molecule has 86 valence electrons. The van der Waals surface area contributed by atoms with E-state index in [0.29, 0.717) is 16.8 Å². The Bertz CT molecular complexity index is 405. The van der Waals surface area contributed by atoms with E-state index in [1.54, 1.807) is 12.1 Å². The first kappa shape index (κ1) is 11.2. The van der Waals surface area contributed by atoms with Crippen LogP contribution in [0.25, 0.3) is 0 Å². The molecule has 0 aliphatic carbocycles. The zero-order valence-corrected chi connectivity index (χ0v) is 9.67. The van der Waals surface area contributed by atoms with Crippen molar-refractivity contribution in [1.82, 2.24) is 0 Å². The van der Waals surface area contributed by atoms with Crippen LogP contribution >= 0.6 is 11.6 Å². The van der Waals surface area contributed by atoms with Gasteiger partial charge < -0.3 is 15.4 Å². The summed E-state index contributed by atoms with van der Waals surface area (Å²) in [6.45, 7) is 2.91. The summed E-state index contributed by atoms with van der Waals surface area (Å²) >= 11 is 6.03. The molecule has 16 heavy (non-hydrogen) atoms. The number of ether oxygens (including phenoxy) is 1. The highest BCUT2D eigenvalue weighted by Gasteiger charge is 2.17. The summed E-state index contributed by atoms with van der Waals surface area (Å²) in [7, 11) is 0. The minimum absolute atomic E-state index is 0.130. The van der Waals surface area contributed by atoms with Crippen molar-refractivity contribution in [2.75, 3.05) is 23.8 Å². The summed E-state index contributed by atoms with van der Waals surface area (Å²) in [6.07, 6.45) is 0. The maximum Gasteiger partial charge on any atom is 0.221 e. The Balaban J connectivity index is 2.05. The smallest absolute Gasteiger partial charge is 0.221 e. The molecule has 0 atom stereocenters. The highest BCUT2D eigenvalue weighted by molar-refractivity contribution is 6.34. The molecule has 0 saturated carbocycles. The first-order valence-corrected chi connectivity index (χ1v) is 5.44. The van der Waals surface area contributed by atoms with Crippen molar-refractivity contribution in [3.05, 3.63) is 23.2 Å². The van der Waals surface area contributed by atoms with Crippen molar-refractivity contribution in [2.24, 2.45) is 0 Å². The zero-order chi connectivity index (χ0) is 11.5. The quantitative estimate of drug-likeness (QED) is 0.851. The lowest BCUT2D eigenvalue weighted by Crippen LogP contribution is -2.40. The Hall–Kier alpha value is -1.26. The third-order valence-corrected chi connectivity index (χ3v) is 2.60. The summed E-state index contributed by atoms with van der Waals surface area (Å²) in [5, 5.41) is 6.46. The van der Waals surface area contributed by atoms with E-state index in [2.05, 4.69) is 10.6 Å². The lowest BCUT2D eigenvalue weighted by atomic mass is 10.2. The number of halogens is 1. The van der Waals surface area contributed by atoms with Gasteiger partial charge in [0.05, 0.1) is 30.0 Å². The van der Waals surface area contributed by atoms with E-state index in [4.69, 9.17) is 16.3 Å². The average molecular weight is 241 g/mol. The minimum Gasteiger partial charge on any atom is -0.378 e. The Labute approximate surface area is 98.9 Å². The third-order valence-electron chi connectivity index (χ3n) is 2.29. The van der Waals surface area contributed by atoms with E-state index in [-0.39, 0.29) is 5.91 Å². The van der Waals surface area contributed by atoms with E-state index in [1.807, 2.05) is 6.07 Å². The molecule has 1 aliphatic heterocycles. The maximum atomic E-state index is 10.9. The van der Waals surface area contributed by atoms with Crippen molar-refractivity contribution in [1.29, 1.82) is 0 Å². The van der Waals surface area contributed by atoms with Crippen LogP contribution in [0.15, 0.2) is 18.2 Å². The van der Waals surface area contributed by atoms with Crippen LogP contribution in [0, 0.1) is 0 Å². The maximum absolute atomic E-state index is 10.9.